The number of hydrogen-bond donors (Lipinski definition) is 1. The summed E-state index contributed by atoms with van der Waals surface area (Å²) in [4.78, 5) is 3.94. The Balaban J connectivity index is 2.20. The van der Waals surface area contributed by atoms with Gasteiger partial charge in [0.2, 0.25) is 0 Å². The van der Waals surface area contributed by atoms with Crippen molar-refractivity contribution in [1.29, 1.82) is 0 Å². The average molecular weight is 224 g/mol. The Bertz CT molecular complexity index is 269. The van der Waals surface area contributed by atoms with Gasteiger partial charge in [-0.1, -0.05) is 13.8 Å². The fraction of sp³-hybridized carbons (Fsp3) is 0.833. The fourth-order valence-electron chi connectivity index (χ4n) is 1.81. The van der Waals surface area contributed by atoms with Crippen LogP contribution in [0.15, 0.2) is 12.7 Å². The first-order chi connectivity index (χ1) is 7.58. The van der Waals surface area contributed by atoms with E-state index in [9.17, 15) is 0 Å². The van der Waals surface area contributed by atoms with Gasteiger partial charge >= 0.3 is 0 Å². The van der Waals surface area contributed by atoms with Crippen molar-refractivity contribution < 1.29 is 0 Å². The van der Waals surface area contributed by atoms with Crippen molar-refractivity contribution in [1.82, 2.24) is 20.1 Å². The highest BCUT2D eigenvalue weighted by molar-refractivity contribution is 4.69. The molecule has 0 amide bonds. The van der Waals surface area contributed by atoms with Gasteiger partial charge in [0.15, 0.2) is 0 Å². The van der Waals surface area contributed by atoms with Crippen LogP contribution in [-0.4, -0.2) is 26.8 Å². The zero-order valence-electron chi connectivity index (χ0n) is 10.8. The monoisotopic (exact) mass is 224 g/mol. The summed E-state index contributed by atoms with van der Waals surface area (Å²) in [6.45, 7) is 9.86. The average Bonchev–Trinajstić information content (AvgIpc) is 2.67. The molecule has 1 aromatic rings. The van der Waals surface area contributed by atoms with E-state index < -0.39 is 0 Å². The van der Waals surface area contributed by atoms with Crippen LogP contribution in [0, 0.1) is 5.92 Å². The Hall–Kier alpha value is -0.900. The molecule has 0 radical (unpaired) electrons. The number of aromatic nitrogens is 3. The molecule has 1 heterocycles. The van der Waals surface area contributed by atoms with Crippen LogP contribution in [0.5, 0.6) is 0 Å². The smallest absolute Gasteiger partial charge is 0.137 e. The van der Waals surface area contributed by atoms with E-state index in [1.165, 1.54) is 12.8 Å². The molecule has 0 bridgehead atoms. The molecule has 0 aliphatic rings. The maximum atomic E-state index is 4.10. The predicted molar refractivity (Wildman–Crippen MR) is 66.2 cm³/mol. The lowest BCUT2D eigenvalue weighted by Gasteiger charge is -2.20. The number of rotatable bonds is 7. The summed E-state index contributed by atoms with van der Waals surface area (Å²) in [5.74, 6) is 0.787. The highest BCUT2D eigenvalue weighted by atomic mass is 15.3. The van der Waals surface area contributed by atoms with Crippen LogP contribution in [0.4, 0.5) is 0 Å². The van der Waals surface area contributed by atoms with Crippen LogP contribution < -0.4 is 5.32 Å². The van der Waals surface area contributed by atoms with Gasteiger partial charge in [0.05, 0.1) is 6.54 Å². The van der Waals surface area contributed by atoms with Crippen molar-refractivity contribution in [2.45, 2.75) is 59.2 Å². The summed E-state index contributed by atoms with van der Waals surface area (Å²) >= 11 is 0. The zero-order valence-corrected chi connectivity index (χ0v) is 10.8. The largest absolute Gasteiger partial charge is 0.310 e. The maximum Gasteiger partial charge on any atom is 0.137 e. The Kier molecular flexibility index (Phi) is 5.46. The molecular weight excluding hydrogens is 200 g/mol. The van der Waals surface area contributed by atoms with Crippen LogP contribution in [0.1, 0.15) is 40.5 Å². The quantitative estimate of drug-likeness (QED) is 0.771. The SMILES string of the molecule is CC(C)CCC(C)NC(C)Cn1cncn1. The van der Waals surface area contributed by atoms with Gasteiger partial charge in [0.1, 0.15) is 12.7 Å². The van der Waals surface area contributed by atoms with E-state index in [-0.39, 0.29) is 0 Å². The zero-order chi connectivity index (χ0) is 12.0. The molecule has 4 nitrogen and oxygen atoms in total. The van der Waals surface area contributed by atoms with Crippen LogP contribution in [0.3, 0.4) is 0 Å². The summed E-state index contributed by atoms with van der Waals surface area (Å²) in [7, 11) is 0. The molecule has 1 N–H and O–H groups in total. The molecule has 16 heavy (non-hydrogen) atoms. The standard InChI is InChI=1S/C12H24N4/c1-10(2)5-6-11(3)15-12(4)7-16-9-13-8-14-16/h8-12,15H,5-7H2,1-4H3. The normalized spacial score (nSPS) is 15.3. The van der Waals surface area contributed by atoms with Gasteiger partial charge in [-0.15, -0.1) is 0 Å². The molecule has 1 rings (SSSR count). The second-order valence-electron chi connectivity index (χ2n) is 5.06. The van der Waals surface area contributed by atoms with E-state index >= 15 is 0 Å². The van der Waals surface area contributed by atoms with E-state index in [1.807, 2.05) is 4.68 Å². The van der Waals surface area contributed by atoms with Crippen molar-refractivity contribution in [2.75, 3.05) is 0 Å². The van der Waals surface area contributed by atoms with Crippen molar-refractivity contribution in [3.05, 3.63) is 12.7 Å². The van der Waals surface area contributed by atoms with Gasteiger partial charge in [0.25, 0.3) is 0 Å². The van der Waals surface area contributed by atoms with E-state index in [0.717, 1.165) is 12.5 Å². The van der Waals surface area contributed by atoms with Gasteiger partial charge in [0, 0.05) is 12.1 Å². The molecule has 0 saturated heterocycles. The molecule has 0 aromatic carbocycles. The molecule has 0 spiro atoms. The minimum Gasteiger partial charge on any atom is -0.310 e. The first-order valence-corrected chi connectivity index (χ1v) is 6.16. The lowest BCUT2D eigenvalue weighted by molar-refractivity contribution is 0.376. The first-order valence-electron chi connectivity index (χ1n) is 6.16. The van der Waals surface area contributed by atoms with Crippen LogP contribution >= 0.6 is 0 Å². The minimum atomic E-state index is 0.434. The molecule has 92 valence electrons. The van der Waals surface area contributed by atoms with Gasteiger partial charge in [-0.25, -0.2) is 4.98 Å². The second-order valence-corrected chi connectivity index (χ2v) is 5.06. The molecule has 0 saturated carbocycles. The number of hydrogen-bond acceptors (Lipinski definition) is 3. The lowest BCUT2D eigenvalue weighted by Crippen LogP contribution is -2.37. The molecule has 4 heteroatoms. The van der Waals surface area contributed by atoms with E-state index in [0.29, 0.717) is 12.1 Å². The van der Waals surface area contributed by atoms with E-state index in [2.05, 4.69) is 43.1 Å². The van der Waals surface area contributed by atoms with Crippen molar-refractivity contribution in [2.24, 2.45) is 5.92 Å². The molecule has 2 unspecified atom stereocenters. The molecule has 0 aliphatic carbocycles. The first kappa shape index (κ1) is 13.2. The van der Waals surface area contributed by atoms with Gasteiger partial charge in [-0.3, -0.25) is 4.68 Å². The summed E-state index contributed by atoms with van der Waals surface area (Å²) in [6, 6.07) is 1.00. The van der Waals surface area contributed by atoms with Gasteiger partial charge in [-0.05, 0) is 32.6 Å². The fourth-order valence-corrected chi connectivity index (χ4v) is 1.81. The third kappa shape index (κ3) is 5.26. The van der Waals surface area contributed by atoms with Gasteiger partial charge < -0.3 is 5.32 Å². The summed E-state index contributed by atoms with van der Waals surface area (Å²) < 4.78 is 1.87. The molecule has 1 aromatic heterocycles. The Morgan fingerprint density at radius 1 is 1.12 bits per heavy atom. The van der Waals surface area contributed by atoms with Crippen LogP contribution in [-0.2, 0) is 6.54 Å². The Morgan fingerprint density at radius 2 is 1.88 bits per heavy atom. The maximum absolute atomic E-state index is 4.10. The molecule has 0 aliphatic heterocycles. The molecule has 0 fully saturated rings. The third-order valence-electron chi connectivity index (χ3n) is 2.67. The highest BCUT2D eigenvalue weighted by Crippen LogP contribution is 2.07. The summed E-state index contributed by atoms with van der Waals surface area (Å²) in [6.07, 6.45) is 5.86. The second kappa shape index (κ2) is 6.63. The third-order valence-corrected chi connectivity index (χ3v) is 2.67. The van der Waals surface area contributed by atoms with Crippen molar-refractivity contribution in [3.63, 3.8) is 0 Å². The minimum absolute atomic E-state index is 0.434. The predicted octanol–water partition coefficient (Wildman–Crippen LogP) is 2.08. The Labute approximate surface area is 98.5 Å². The van der Waals surface area contributed by atoms with E-state index in [4.69, 9.17) is 0 Å². The number of nitrogens with one attached hydrogen (secondary N) is 1. The van der Waals surface area contributed by atoms with Crippen molar-refractivity contribution in [3.8, 4) is 0 Å². The van der Waals surface area contributed by atoms with Gasteiger partial charge in [-0.2, -0.15) is 5.10 Å². The van der Waals surface area contributed by atoms with Crippen LogP contribution in [0.25, 0.3) is 0 Å². The van der Waals surface area contributed by atoms with E-state index in [1.54, 1.807) is 12.7 Å². The summed E-state index contributed by atoms with van der Waals surface area (Å²) in [5.41, 5.74) is 0. The Morgan fingerprint density at radius 3 is 2.44 bits per heavy atom. The van der Waals surface area contributed by atoms with Crippen molar-refractivity contribution >= 4 is 0 Å². The summed E-state index contributed by atoms with van der Waals surface area (Å²) in [5, 5.41) is 7.69. The number of nitrogens with zero attached hydrogens (tertiary/aromatic N) is 3. The molecular formula is C12H24N4. The highest BCUT2D eigenvalue weighted by Gasteiger charge is 2.08. The lowest BCUT2D eigenvalue weighted by atomic mass is 10.0. The van der Waals surface area contributed by atoms with Crippen LogP contribution in [0.2, 0.25) is 0 Å². The topological polar surface area (TPSA) is 42.7 Å². The molecule has 2 atom stereocenters.